The molecule has 0 aromatic heterocycles. The van der Waals surface area contributed by atoms with Gasteiger partial charge < -0.3 is 9.47 Å². The molecule has 0 saturated heterocycles. The molecule has 0 heterocycles. The molecule has 0 saturated carbocycles. The molecule has 0 radical (unpaired) electrons. The molecular weight excluding hydrogens is 198 g/mol. The molecule has 1 aromatic rings. The lowest BCUT2D eigenvalue weighted by molar-refractivity contribution is -0.182. The summed E-state index contributed by atoms with van der Waals surface area (Å²) >= 11 is 0. The second kappa shape index (κ2) is 7.19. The highest BCUT2D eigenvalue weighted by Crippen LogP contribution is 2.13. The first kappa shape index (κ1) is 11.9. The van der Waals surface area contributed by atoms with Gasteiger partial charge in [0.2, 0.25) is 0 Å². The van der Waals surface area contributed by atoms with Gasteiger partial charge in [-0.2, -0.15) is 0 Å². The molecule has 84 valence electrons. The van der Waals surface area contributed by atoms with Gasteiger partial charge in [-0.05, 0) is 12.1 Å². The lowest BCUT2D eigenvalue weighted by atomic mass is 10.3. The SMILES string of the molecule is COCON(OCOC)c1ccccc1. The van der Waals surface area contributed by atoms with E-state index in [1.165, 1.54) is 5.23 Å². The van der Waals surface area contributed by atoms with Crippen LogP contribution in [0.5, 0.6) is 0 Å². The zero-order valence-electron chi connectivity index (χ0n) is 8.88. The highest BCUT2D eigenvalue weighted by molar-refractivity contribution is 5.40. The molecule has 0 amide bonds. The molecule has 0 unspecified atom stereocenters. The van der Waals surface area contributed by atoms with Gasteiger partial charge in [0.05, 0.1) is 5.69 Å². The number of benzene rings is 1. The standard InChI is InChI=1S/C10H15NO4/c1-12-8-14-11(15-9-13-2)10-6-4-3-5-7-10/h3-7H,8-9H2,1-2H3. The largest absolute Gasteiger partial charge is 0.356 e. The van der Waals surface area contributed by atoms with Crippen LogP contribution in [0, 0.1) is 0 Å². The minimum absolute atomic E-state index is 0.110. The molecule has 0 aliphatic carbocycles. The van der Waals surface area contributed by atoms with E-state index in [1.807, 2.05) is 30.3 Å². The lowest BCUT2D eigenvalue weighted by Gasteiger charge is -2.21. The van der Waals surface area contributed by atoms with E-state index in [1.54, 1.807) is 14.2 Å². The average Bonchev–Trinajstić information content (AvgIpc) is 2.30. The fourth-order valence-corrected chi connectivity index (χ4v) is 0.937. The van der Waals surface area contributed by atoms with Crippen LogP contribution in [0.4, 0.5) is 5.69 Å². The first-order valence-corrected chi connectivity index (χ1v) is 4.47. The molecule has 0 fully saturated rings. The molecule has 0 atom stereocenters. The normalized spacial score (nSPS) is 10.3. The monoisotopic (exact) mass is 213 g/mol. The van der Waals surface area contributed by atoms with Crippen molar-refractivity contribution >= 4 is 5.69 Å². The van der Waals surface area contributed by atoms with Crippen molar-refractivity contribution in [3.05, 3.63) is 30.3 Å². The number of rotatable bonds is 7. The summed E-state index contributed by atoms with van der Waals surface area (Å²) < 4.78 is 9.58. The predicted molar refractivity (Wildman–Crippen MR) is 54.8 cm³/mol. The maximum absolute atomic E-state index is 5.19. The summed E-state index contributed by atoms with van der Waals surface area (Å²) in [5.41, 5.74) is 0.770. The van der Waals surface area contributed by atoms with Gasteiger partial charge in [0.1, 0.15) is 0 Å². The smallest absolute Gasteiger partial charge is 0.175 e. The van der Waals surface area contributed by atoms with Crippen LogP contribution < -0.4 is 5.23 Å². The minimum atomic E-state index is 0.110. The maximum Gasteiger partial charge on any atom is 0.175 e. The van der Waals surface area contributed by atoms with E-state index in [4.69, 9.17) is 19.1 Å². The van der Waals surface area contributed by atoms with Crippen LogP contribution in [0.25, 0.3) is 0 Å². The van der Waals surface area contributed by atoms with Crippen molar-refractivity contribution < 1.29 is 19.1 Å². The van der Waals surface area contributed by atoms with E-state index in [2.05, 4.69) is 0 Å². The number of hydrogen-bond donors (Lipinski definition) is 0. The summed E-state index contributed by atoms with van der Waals surface area (Å²) in [7, 11) is 3.08. The van der Waals surface area contributed by atoms with E-state index >= 15 is 0 Å². The number of anilines is 1. The fourth-order valence-electron chi connectivity index (χ4n) is 0.937. The quantitative estimate of drug-likeness (QED) is 0.508. The van der Waals surface area contributed by atoms with Gasteiger partial charge in [-0.1, -0.05) is 18.2 Å². The van der Waals surface area contributed by atoms with Crippen LogP contribution in [-0.4, -0.2) is 27.8 Å². The molecule has 0 bridgehead atoms. The second-order valence-corrected chi connectivity index (χ2v) is 2.66. The Bertz CT molecular complexity index is 247. The van der Waals surface area contributed by atoms with E-state index < -0.39 is 0 Å². The first-order chi connectivity index (χ1) is 7.38. The third-order valence-corrected chi connectivity index (χ3v) is 1.54. The van der Waals surface area contributed by atoms with Gasteiger partial charge in [0.15, 0.2) is 13.6 Å². The van der Waals surface area contributed by atoms with Gasteiger partial charge in [-0.3, -0.25) is 0 Å². The highest BCUT2D eigenvalue weighted by Gasteiger charge is 2.06. The van der Waals surface area contributed by atoms with E-state index in [0.29, 0.717) is 0 Å². The molecule has 1 aromatic carbocycles. The van der Waals surface area contributed by atoms with Crippen LogP contribution in [0.1, 0.15) is 0 Å². The summed E-state index contributed by atoms with van der Waals surface area (Å²) in [6.45, 7) is 0.219. The topological polar surface area (TPSA) is 40.2 Å². The van der Waals surface area contributed by atoms with E-state index in [-0.39, 0.29) is 13.6 Å². The highest BCUT2D eigenvalue weighted by atomic mass is 17.0. The van der Waals surface area contributed by atoms with Crippen molar-refractivity contribution in [3.8, 4) is 0 Å². The number of hydrogen-bond acceptors (Lipinski definition) is 5. The number of para-hydroxylation sites is 1. The third-order valence-electron chi connectivity index (χ3n) is 1.54. The Morgan fingerprint density at radius 2 is 1.47 bits per heavy atom. The Labute approximate surface area is 89.0 Å². The molecule has 1 rings (SSSR count). The molecule has 0 N–H and O–H groups in total. The van der Waals surface area contributed by atoms with E-state index in [9.17, 15) is 0 Å². The summed E-state index contributed by atoms with van der Waals surface area (Å²) in [6, 6.07) is 9.38. The number of methoxy groups -OCH3 is 2. The summed E-state index contributed by atoms with van der Waals surface area (Å²) in [4.78, 5) is 10.4. The summed E-state index contributed by atoms with van der Waals surface area (Å²) in [5.74, 6) is 0. The van der Waals surface area contributed by atoms with Crippen molar-refractivity contribution in [1.82, 2.24) is 0 Å². The van der Waals surface area contributed by atoms with Gasteiger partial charge in [-0.15, -0.1) is 5.23 Å². The second-order valence-electron chi connectivity index (χ2n) is 2.66. The number of ether oxygens (including phenoxy) is 2. The first-order valence-electron chi connectivity index (χ1n) is 4.47. The van der Waals surface area contributed by atoms with Gasteiger partial charge in [0.25, 0.3) is 0 Å². The molecule has 5 heteroatoms. The summed E-state index contributed by atoms with van der Waals surface area (Å²) in [5, 5.41) is 1.26. The van der Waals surface area contributed by atoms with Gasteiger partial charge in [0, 0.05) is 14.2 Å². The third kappa shape index (κ3) is 4.26. The van der Waals surface area contributed by atoms with Crippen LogP contribution >= 0.6 is 0 Å². The van der Waals surface area contributed by atoms with Crippen LogP contribution in [0.3, 0.4) is 0 Å². The van der Waals surface area contributed by atoms with Crippen molar-refractivity contribution in [1.29, 1.82) is 0 Å². The fraction of sp³-hybridized carbons (Fsp3) is 0.400. The number of nitrogens with zero attached hydrogens (tertiary/aromatic N) is 1. The van der Waals surface area contributed by atoms with Crippen molar-refractivity contribution in [2.45, 2.75) is 0 Å². The Hall–Kier alpha value is -1.14. The Morgan fingerprint density at radius 1 is 0.933 bits per heavy atom. The molecule has 0 aliphatic heterocycles. The van der Waals surface area contributed by atoms with Gasteiger partial charge in [-0.25, -0.2) is 9.68 Å². The van der Waals surface area contributed by atoms with Crippen LogP contribution in [0.2, 0.25) is 0 Å². The van der Waals surface area contributed by atoms with Crippen molar-refractivity contribution in [2.24, 2.45) is 0 Å². The molecule has 0 aliphatic rings. The lowest BCUT2D eigenvalue weighted by Crippen LogP contribution is -2.26. The van der Waals surface area contributed by atoms with Crippen LogP contribution in [-0.2, 0) is 19.1 Å². The van der Waals surface area contributed by atoms with Crippen LogP contribution in [0.15, 0.2) is 30.3 Å². The molecule has 5 nitrogen and oxygen atoms in total. The predicted octanol–water partition coefficient (Wildman–Crippen LogP) is 1.56. The molecule has 0 spiro atoms. The summed E-state index contributed by atoms with van der Waals surface area (Å²) in [6.07, 6.45) is 0. The Morgan fingerprint density at radius 3 is 1.93 bits per heavy atom. The maximum atomic E-state index is 5.19. The Balaban J connectivity index is 2.55. The Kier molecular flexibility index (Phi) is 5.72. The van der Waals surface area contributed by atoms with Crippen molar-refractivity contribution in [2.75, 3.05) is 33.0 Å². The van der Waals surface area contributed by atoms with E-state index in [0.717, 1.165) is 5.69 Å². The molecule has 15 heavy (non-hydrogen) atoms. The zero-order valence-corrected chi connectivity index (χ0v) is 8.88. The van der Waals surface area contributed by atoms with Gasteiger partial charge >= 0.3 is 0 Å². The molecular formula is C10H15NO4. The average molecular weight is 213 g/mol. The minimum Gasteiger partial charge on any atom is -0.356 e. The van der Waals surface area contributed by atoms with Crippen molar-refractivity contribution in [3.63, 3.8) is 0 Å². The zero-order chi connectivity index (χ0) is 10.9.